The number of allylic oxidation sites excluding steroid dienone is 2. The fourth-order valence-corrected chi connectivity index (χ4v) is 2.69. The third-order valence-electron chi connectivity index (χ3n) is 4.06. The van der Waals surface area contributed by atoms with Crippen LogP contribution in [0, 0.1) is 0 Å². The Morgan fingerprint density at radius 2 is 2.15 bits per heavy atom. The molecule has 3 rings (SSSR count). The van der Waals surface area contributed by atoms with Crippen molar-refractivity contribution in [3.63, 3.8) is 0 Å². The minimum atomic E-state index is -1.21. The van der Waals surface area contributed by atoms with E-state index in [9.17, 15) is 19.5 Å². The summed E-state index contributed by atoms with van der Waals surface area (Å²) in [6, 6.07) is 3.97. The number of ketones is 1. The van der Waals surface area contributed by atoms with Crippen LogP contribution in [0.25, 0.3) is 5.82 Å². The molecule has 0 aliphatic heterocycles. The fraction of sp³-hybridized carbons (Fsp3) is 0.167. The molecule has 9 heteroatoms. The topological polar surface area (TPSA) is 140 Å². The van der Waals surface area contributed by atoms with E-state index in [0.29, 0.717) is 11.4 Å². The normalized spacial score (nSPS) is 16.6. The van der Waals surface area contributed by atoms with Gasteiger partial charge in [-0.15, -0.1) is 0 Å². The van der Waals surface area contributed by atoms with Gasteiger partial charge in [0.1, 0.15) is 23.9 Å². The number of nitrogens with one attached hydrogen (secondary N) is 1. The summed E-state index contributed by atoms with van der Waals surface area (Å²) < 4.78 is 1.45. The number of carbonyl (C=O) groups is 3. The maximum absolute atomic E-state index is 12.7. The van der Waals surface area contributed by atoms with Crippen molar-refractivity contribution in [1.82, 2.24) is 19.9 Å². The molecule has 2 aromatic rings. The molecule has 27 heavy (non-hydrogen) atoms. The minimum absolute atomic E-state index is 0.0423. The molecule has 1 aliphatic carbocycles. The van der Waals surface area contributed by atoms with Gasteiger partial charge in [0.15, 0.2) is 0 Å². The first kappa shape index (κ1) is 18.2. The number of nitrogens with zero attached hydrogens (tertiary/aromatic N) is 3. The number of pyridine rings is 1. The van der Waals surface area contributed by atoms with Gasteiger partial charge < -0.3 is 16.2 Å². The number of primary amides is 1. The molecule has 138 valence electrons. The molecule has 0 aromatic carbocycles. The summed E-state index contributed by atoms with van der Waals surface area (Å²) in [5, 5.41) is 12.4. The van der Waals surface area contributed by atoms with E-state index in [1.165, 1.54) is 23.2 Å². The summed E-state index contributed by atoms with van der Waals surface area (Å²) in [5.74, 6) is -2.28. The molecule has 0 saturated heterocycles. The van der Waals surface area contributed by atoms with Crippen LogP contribution in [0.5, 0.6) is 0 Å². The molecule has 1 aliphatic rings. The number of nitrogens with two attached hydrogens (primary N) is 1. The predicted octanol–water partition coefficient (Wildman–Crippen LogP) is -0.333. The highest BCUT2D eigenvalue weighted by atomic mass is 16.3. The van der Waals surface area contributed by atoms with Crippen molar-refractivity contribution in [1.29, 1.82) is 0 Å². The lowest BCUT2D eigenvalue weighted by Gasteiger charge is -2.18. The maximum Gasteiger partial charge on any atom is 0.287 e. The van der Waals surface area contributed by atoms with Gasteiger partial charge in [0, 0.05) is 6.20 Å². The zero-order valence-corrected chi connectivity index (χ0v) is 14.1. The first-order valence-corrected chi connectivity index (χ1v) is 8.11. The second-order valence-corrected chi connectivity index (χ2v) is 5.87. The van der Waals surface area contributed by atoms with Crippen molar-refractivity contribution in [3.8, 4) is 5.82 Å². The Morgan fingerprint density at radius 1 is 1.33 bits per heavy atom. The molecular weight excluding hydrogens is 350 g/mol. The molecule has 2 atom stereocenters. The molecule has 9 nitrogen and oxygen atoms in total. The van der Waals surface area contributed by atoms with Crippen molar-refractivity contribution in [3.05, 3.63) is 66.4 Å². The molecule has 2 aromatic heterocycles. The second kappa shape index (κ2) is 7.75. The minimum Gasteiger partial charge on any atom is -0.385 e. The Hall–Kier alpha value is -3.59. The number of aliphatic hydroxyl groups is 1. The van der Waals surface area contributed by atoms with Crippen LogP contribution < -0.4 is 11.1 Å². The van der Waals surface area contributed by atoms with Gasteiger partial charge in [0.25, 0.3) is 11.8 Å². The van der Waals surface area contributed by atoms with Gasteiger partial charge in [-0.2, -0.15) is 0 Å². The first-order chi connectivity index (χ1) is 13.0. The summed E-state index contributed by atoms with van der Waals surface area (Å²) in [6.07, 6.45) is 8.16. The summed E-state index contributed by atoms with van der Waals surface area (Å²) in [5.41, 5.74) is 5.72. The Balaban J connectivity index is 1.82. The second-order valence-electron chi connectivity index (χ2n) is 5.87. The lowest BCUT2D eigenvalue weighted by Crippen LogP contribution is -2.47. The Bertz CT molecular complexity index is 932. The summed E-state index contributed by atoms with van der Waals surface area (Å²) in [4.78, 5) is 44.3. The SMILES string of the molecule is NC(=O)C(=O)C(CC1=CC=CC1O)NC(=O)c1cncn1-c1ccccn1. The predicted molar refractivity (Wildman–Crippen MR) is 94.7 cm³/mol. The van der Waals surface area contributed by atoms with E-state index in [2.05, 4.69) is 15.3 Å². The van der Waals surface area contributed by atoms with E-state index < -0.39 is 29.7 Å². The van der Waals surface area contributed by atoms with Gasteiger partial charge in [-0.3, -0.25) is 19.0 Å². The third-order valence-corrected chi connectivity index (χ3v) is 4.06. The molecule has 4 N–H and O–H groups in total. The maximum atomic E-state index is 12.7. The number of carbonyl (C=O) groups excluding carboxylic acids is 3. The molecule has 0 fully saturated rings. The highest BCUT2D eigenvalue weighted by Crippen LogP contribution is 2.18. The third kappa shape index (κ3) is 3.98. The number of amides is 2. The molecule has 2 heterocycles. The number of hydrogen-bond donors (Lipinski definition) is 3. The average molecular weight is 367 g/mol. The van der Waals surface area contributed by atoms with Crippen LogP contribution in [-0.2, 0) is 9.59 Å². The van der Waals surface area contributed by atoms with Crippen molar-refractivity contribution in [2.24, 2.45) is 5.73 Å². The van der Waals surface area contributed by atoms with Gasteiger partial charge >= 0.3 is 0 Å². The largest absolute Gasteiger partial charge is 0.385 e. The van der Waals surface area contributed by atoms with Crippen LogP contribution in [0.2, 0.25) is 0 Å². The lowest BCUT2D eigenvalue weighted by molar-refractivity contribution is -0.137. The van der Waals surface area contributed by atoms with Gasteiger partial charge in [-0.05, 0) is 24.1 Å². The molecule has 0 radical (unpaired) electrons. The molecular formula is C18H17N5O4. The molecule has 0 spiro atoms. The summed E-state index contributed by atoms with van der Waals surface area (Å²) >= 11 is 0. The van der Waals surface area contributed by atoms with Crippen molar-refractivity contribution in [2.75, 3.05) is 0 Å². The van der Waals surface area contributed by atoms with E-state index in [1.807, 2.05) is 0 Å². The smallest absolute Gasteiger partial charge is 0.287 e. The lowest BCUT2D eigenvalue weighted by atomic mass is 9.99. The summed E-state index contributed by atoms with van der Waals surface area (Å²) in [6.45, 7) is 0. The summed E-state index contributed by atoms with van der Waals surface area (Å²) in [7, 11) is 0. The molecule has 0 bridgehead atoms. The van der Waals surface area contributed by atoms with E-state index >= 15 is 0 Å². The zero-order valence-electron chi connectivity index (χ0n) is 14.1. The van der Waals surface area contributed by atoms with Crippen LogP contribution in [-0.4, -0.2) is 49.4 Å². The quantitative estimate of drug-likeness (QED) is 0.572. The van der Waals surface area contributed by atoms with E-state index in [0.717, 1.165) is 0 Å². The number of aliphatic hydroxyl groups excluding tert-OH is 1. The number of Topliss-reactive ketones (excluding diaryl/α,β-unsaturated/α-hetero) is 1. The van der Waals surface area contributed by atoms with E-state index in [-0.39, 0.29) is 12.1 Å². The van der Waals surface area contributed by atoms with Gasteiger partial charge in [-0.25, -0.2) is 9.97 Å². The Kier molecular flexibility index (Phi) is 5.23. The van der Waals surface area contributed by atoms with Crippen LogP contribution in [0.4, 0.5) is 0 Å². The van der Waals surface area contributed by atoms with Gasteiger partial charge in [0.2, 0.25) is 5.78 Å². The monoisotopic (exact) mass is 367 g/mol. The highest BCUT2D eigenvalue weighted by molar-refractivity contribution is 6.38. The van der Waals surface area contributed by atoms with E-state index in [4.69, 9.17) is 5.73 Å². The molecule has 2 amide bonds. The standard InChI is InChI=1S/C18H17N5O4/c19-17(26)16(25)12(8-11-4-3-5-14(11)24)22-18(27)13-9-20-10-23(13)15-6-1-2-7-21-15/h1-7,9-10,12,14,24H,8H2,(H2,19,26)(H,22,27). The van der Waals surface area contributed by atoms with Crippen LogP contribution in [0.3, 0.4) is 0 Å². The van der Waals surface area contributed by atoms with Crippen LogP contribution in [0.15, 0.2) is 60.7 Å². The van der Waals surface area contributed by atoms with Crippen molar-refractivity contribution in [2.45, 2.75) is 18.6 Å². The number of imidazole rings is 1. The highest BCUT2D eigenvalue weighted by Gasteiger charge is 2.29. The van der Waals surface area contributed by atoms with Crippen molar-refractivity contribution >= 4 is 17.6 Å². The van der Waals surface area contributed by atoms with Gasteiger partial charge in [0.05, 0.1) is 12.3 Å². The number of aromatic nitrogens is 3. The van der Waals surface area contributed by atoms with E-state index in [1.54, 1.807) is 36.5 Å². The Labute approximate surface area is 154 Å². The van der Waals surface area contributed by atoms with Crippen LogP contribution in [0.1, 0.15) is 16.9 Å². The average Bonchev–Trinajstić information content (AvgIpc) is 3.30. The Morgan fingerprint density at radius 3 is 2.78 bits per heavy atom. The first-order valence-electron chi connectivity index (χ1n) is 8.11. The fourth-order valence-electron chi connectivity index (χ4n) is 2.69. The number of hydrogen-bond acceptors (Lipinski definition) is 6. The zero-order chi connectivity index (χ0) is 19.4. The van der Waals surface area contributed by atoms with Gasteiger partial charge in [-0.1, -0.05) is 24.3 Å². The van der Waals surface area contributed by atoms with Crippen molar-refractivity contribution < 1.29 is 19.5 Å². The number of rotatable bonds is 7. The molecule has 0 saturated carbocycles. The molecule has 2 unspecified atom stereocenters. The van der Waals surface area contributed by atoms with Crippen LogP contribution >= 0.6 is 0 Å².